The number of β-amino-alcohol motifs (C(OH)–C–C–N with tert-alkyl or cyclic N) is 1. The van der Waals surface area contributed by atoms with Gasteiger partial charge >= 0.3 is 0 Å². The first-order valence-electron chi connectivity index (χ1n) is 11.7. The number of nitrogens with one attached hydrogen (secondary N) is 2. The third-order valence-corrected chi connectivity index (χ3v) is 7.04. The Kier molecular flexibility index (Phi) is 7.10. The van der Waals surface area contributed by atoms with Gasteiger partial charge in [0, 0.05) is 41.3 Å². The van der Waals surface area contributed by atoms with Crippen molar-refractivity contribution in [2.75, 3.05) is 31.6 Å². The number of likely N-dealkylation sites (tertiary alicyclic amines) is 1. The summed E-state index contributed by atoms with van der Waals surface area (Å²) < 4.78 is 0. The van der Waals surface area contributed by atoms with Crippen molar-refractivity contribution in [2.45, 2.75) is 23.7 Å². The minimum absolute atomic E-state index is 0.195. The summed E-state index contributed by atoms with van der Waals surface area (Å²) in [7, 11) is 0. The molecule has 1 aliphatic rings. The summed E-state index contributed by atoms with van der Waals surface area (Å²) in [4.78, 5) is 27.6. The number of hydrogen-bond acceptors (Lipinski definition) is 8. The van der Waals surface area contributed by atoms with E-state index >= 15 is 0 Å². The van der Waals surface area contributed by atoms with E-state index in [1.165, 1.54) is 5.56 Å². The smallest absolute Gasteiger partial charge is 0.259 e. The lowest BCUT2D eigenvalue weighted by Crippen LogP contribution is -2.34. The third-order valence-electron chi connectivity index (χ3n) is 6.55. The van der Waals surface area contributed by atoms with Gasteiger partial charge in [-0.15, -0.1) is 0 Å². The van der Waals surface area contributed by atoms with Crippen molar-refractivity contribution in [3.63, 3.8) is 0 Å². The van der Waals surface area contributed by atoms with Gasteiger partial charge in [0.05, 0.1) is 17.7 Å². The van der Waals surface area contributed by atoms with E-state index < -0.39 is 0 Å². The number of rotatable bonds is 7. The predicted molar refractivity (Wildman–Crippen MR) is 141 cm³/mol. The van der Waals surface area contributed by atoms with Gasteiger partial charge in [0.25, 0.3) is 5.56 Å². The molecule has 1 saturated heterocycles. The molecule has 4 aromatic rings. The van der Waals surface area contributed by atoms with Crippen LogP contribution in [0.5, 0.6) is 0 Å². The molecule has 0 radical (unpaired) electrons. The van der Waals surface area contributed by atoms with Crippen LogP contribution >= 0.6 is 11.9 Å². The highest BCUT2D eigenvalue weighted by Crippen LogP contribution is 2.31. The fourth-order valence-corrected chi connectivity index (χ4v) is 5.00. The van der Waals surface area contributed by atoms with Crippen LogP contribution in [0.15, 0.2) is 70.7 Å². The molecular formula is C26H28N6O2S. The summed E-state index contributed by atoms with van der Waals surface area (Å²) >= 11 is 1.13. The molecule has 3 aromatic heterocycles. The lowest BCUT2D eigenvalue weighted by Gasteiger charge is -2.31. The zero-order chi connectivity index (χ0) is 24.2. The molecule has 0 unspecified atom stereocenters. The average molecular weight is 489 g/mol. The summed E-state index contributed by atoms with van der Waals surface area (Å²) in [6, 6.07) is 14.1. The predicted octanol–water partition coefficient (Wildman–Crippen LogP) is 3.87. The normalized spacial score (nSPS) is 14.9. The van der Waals surface area contributed by atoms with Crippen molar-refractivity contribution < 1.29 is 5.11 Å². The molecule has 5 rings (SSSR count). The number of aliphatic hydroxyl groups is 1. The summed E-state index contributed by atoms with van der Waals surface area (Å²) in [6.07, 6.45) is 7.26. The summed E-state index contributed by atoms with van der Waals surface area (Å²) in [5, 5.41) is 19.5. The Morgan fingerprint density at radius 1 is 1.14 bits per heavy atom. The van der Waals surface area contributed by atoms with Gasteiger partial charge in [0.15, 0.2) is 0 Å². The number of nitrogens with two attached hydrogens (primary N) is 1. The molecule has 0 saturated carbocycles. The van der Waals surface area contributed by atoms with Crippen molar-refractivity contribution in [3.05, 3.63) is 77.0 Å². The van der Waals surface area contributed by atoms with E-state index in [4.69, 9.17) is 15.2 Å². The van der Waals surface area contributed by atoms with Gasteiger partial charge in [-0.2, -0.15) is 0 Å². The Balaban J connectivity index is 1.43. The van der Waals surface area contributed by atoms with Crippen LogP contribution in [0, 0.1) is 0 Å². The Morgan fingerprint density at radius 2 is 1.94 bits per heavy atom. The zero-order valence-corrected chi connectivity index (χ0v) is 20.1. The Bertz CT molecular complexity index is 1370. The zero-order valence-electron chi connectivity index (χ0n) is 19.3. The van der Waals surface area contributed by atoms with Gasteiger partial charge in [-0.1, -0.05) is 12.1 Å². The number of aliphatic hydroxyl groups excluding tert-OH is 1. The number of pyridine rings is 3. The van der Waals surface area contributed by atoms with Crippen LogP contribution in [-0.4, -0.2) is 51.2 Å². The minimum atomic E-state index is -0.195. The molecular weight excluding hydrogens is 460 g/mol. The molecule has 0 spiro atoms. The lowest BCUT2D eigenvalue weighted by molar-refractivity contribution is 0.164. The molecule has 0 bridgehead atoms. The molecule has 5 N–H and O–H groups in total. The number of aromatic nitrogens is 3. The molecule has 8 nitrogen and oxygen atoms in total. The largest absolute Gasteiger partial charge is 0.395 e. The van der Waals surface area contributed by atoms with Gasteiger partial charge in [0.2, 0.25) is 0 Å². The highest BCUT2D eigenvalue weighted by atomic mass is 32.2. The first-order valence-corrected chi connectivity index (χ1v) is 12.6. The van der Waals surface area contributed by atoms with Crippen LogP contribution in [0.3, 0.4) is 0 Å². The number of aromatic amines is 1. The van der Waals surface area contributed by atoms with Crippen molar-refractivity contribution in [2.24, 2.45) is 5.14 Å². The van der Waals surface area contributed by atoms with Gasteiger partial charge in [-0.25, -0.2) is 4.98 Å². The van der Waals surface area contributed by atoms with Gasteiger partial charge < -0.3 is 20.3 Å². The van der Waals surface area contributed by atoms with E-state index in [1.807, 2.05) is 30.3 Å². The second-order valence-corrected chi connectivity index (χ2v) is 9.45. The molecule has 0 amide bonds. The second-order valence-electron chi connectivity index (χ2n) is 8.74. The van der Waals surface area contributed by atoms with E-state index in [0.29, 0.717) is 22.8 Å². The van der Waals surface area contributed by atoms with Gasteiger partial charge in [-0.05, 0) is 85.1 Å². The van der Waals surface area contributed by atoms with Crippen molar-refractivity contribution in [1.29, 1.82) is 0 Å². The molecule has 4 heterocycles. The number of piperidine rings is 1. The van der Waals surface area contributed by atoms with Crippen LogP contribution < -0.4 is 16.0 Å². The highest BCUT2D eigenvalue weighted by molar-refractivity contribution is 7.97. The molecule has 9 heteroatoms. The van der Waals surface area contributed by atoms with Crippen molar-refractivity contribution in [3.8, 4) is 11.3 Å². The quantitative estimate of drug-likeness (QED) is 0.290. The molecule has 0 atom stereocenters. The molecule has 1 aliphatic heterocycles. The van der Waals surface area contributed by atoms with Gasteiger partial charge in [0.1, 0.15) is 5.82 Å². The lowest BCUT2D eigenvalue weighted by atomic mass is 9.89. The topological polar surface area (TPSA) is 120 Å². The van der Waals surface area contributed by atoms with Crippen LogP contribution in [0.1, 0.15) is 24.3 Å². The van der Waals surface area contributed by atoms with E-state index in [2.05, 4.69) is 32.3 Å². The summed E-state index contributed by atoms with van der Waals surface area (Å²) in [5.74, 6) is 1.01. The standard InChI is InChI=1S/C26H28N6O2S/c27-35-22-13-20(15-28-16-22)23-14-19-5-8-29-26(34)24(19)25(31-23)30-21-3-1-17(2-4-21)18-6-9-32(10-7-18)11-12-33/h1-5,8,13-16,18,33H,6-7,9-12,27H2,(H,29,34)(H,30,31). The maximum Gasteiger partial charge on any atom is 0.259 e. The van der Waals surface area contributed by atoms with Crippen LogP contribution in [0.25, 0.3) is 22.0 Å². The van der Waals surface area contributed by atoms with Crippen LogP contribution in [0.4, 0.5) is 11.5 Å². The van der Waals surface area contributed by atoms with E-state index in [0.717, 1.165) is 66.0 Å². The monoisotopic (exact) mass is 488 g/mol. The number of H-pyrrole nitrogens is 1. The highest BCUT2D eigenvalue weighted by Gasteiger charge is 2.20. The number of nitrogens with zero attached hydrogens (tertiary/aromatic N) is 3. The van der Waals surface area contributed by atoms with E-state index in [-0.39, 0.29) is 12.2 Å². The molecule has 1 fully saturated rings. The maximum atomic E-state index is 12.7. The van der Waals surface area contributed by atoms with Crippen molar-refractivity contribution >= 4 is 34.2 Å². The van der Waals surface area contributed by atoms with Crippen LogP contribution in [-0.2, 0) is 0 Å². The van der Waals surface area contributed by atoms with Crippen LogP contribution in [0.2, 0.25) is 0 Å². The third kappa shape index (κ3) is 5.23. The first kappa shape index (κ1) is 23.5. The Labute approximate surface area is 207 Å². The number of fused-ring (bicyclic) bond motifs is 1. The van der Waals surface area contributed by atoms with Gasteiger partial charge in [-0.3, -0.25) is 14.9 Å². The maximum absolute atomic E-state index is 12.7. The van der Waals surface area contributed by atoms with E-state index in [1.54, 1.807) is 18.6 Å². The Hall–Kier alpha value is -3.24. The second kappa shape index (κ2) is 10.6. The summed E-state index contributed by atoms with van der Waals surface area (Å²) in [6.45, 7) is 2.98. The number of benzene rings is 1. The minimum Gasteiger partial charge on any atom is -0.395 e. The molecule has 35 heavy (non-hydrogen) atoms. The van der Waals surface area contributed by atoms with Crippen molar-refractivity contribution in [1.82, 2.24) is 19.9 Å². The summed E-state index contributed by atoms with van der Waals surface area (Å²) in [5.41, 5.74) is 3.52. The number of anilines is 2. The fraction of sp³-hybridized carbons (Fsp3) is 0.269. The fourth-order valence-electron chi connectivity index (χ4n) is 4.68. The number of hydrogen-bond donors (Lipinski definition) is 4. The SMILES string of the molecule is NSc1cncc(-c2cc3cc[nH]c(=O)c3c(Nc3ccc(C4CCN(CCO)CC4)cc3)n2)c1. The Morgan fingerprint density at radius 3 is 2.69 bits per heavy atom. The average Bonchev–Trinajstić information content (AvgIpc) is 2.90. The molecule has 180 valence electrons. The molecule has 0 aliphatic carbocycles. The van der Waals surface area contributed by atoms with E-state index in [9.17, 15) is 4.79 Å². The first-order chi connectivity index (χ1) is 17.1. The molecule has 1 aromatic carbocycles.